The number of thiophene rings is 1. The molecule has 0 fully saturated rings. The van der Waals surface area contributed by atoms with Gasteiger partial charge >= 0.3 is 0 Å². The van der Waals surface area contributed by atoms with Crippen LogP contribution in [0.2, 0.25) is 0 Å². The van der Waals surface area contributed by atoms with Crippen molar-refractivity contribution in [2.75, 3.05) is 11.9 Å². The molecule has 0 radical (unpaired) electrons. The van der Waals surface area contributed by atoms with Crippen molar-refractivity contribution in [3.05, 3.63) is 50.9 Å². The number of anilines is 1. The van der Waals surface area contributed by atoms with Crippen LogP contribution in [0.1, 0.15) is 85.0 Å². The van der Waals surface area contributed by atoms with Crippen molar-refractivity contribution in [3.63, 3.8) is 0 Å². The van der Waals surface area contributed by atoms with Crippen LogP contribution in [0.25, 0.3) is 0 Å². The lowest BCUT2D eigenvalue weighted by atomic mass is 9.88. The van der Waals surface area contributed by atoms with Crippen LogP contribution in [-0.4, -0.2) is 35.1 Å². The molecule has 0 saturated heterocycles. The molecule has 162 valence electrons. The minimum atomic E-state index is -0.552. The smallest absolute Gasteiger partial charge is 0.261 e. The number of hydrogen-bond donors (Lipinski definition) is 2. The van der Waals surface area contributed by atoms with Gasteiger partial charge in [-0.15, -0.1) is 11.3 Å². The first-order valence-corrected chi connectivity index (χ1v) is 11.4. The standard InChI is InChI=1S/C23H25N3O4S/c1-3-4-9-26-22(29)14-8-6-13(11-16(14)23(26)30)20(28)25-21-18(19(24)27)15-7-5-12(2)10-17(15)31-21/h6,8,11-12H,3-5,7,9-10H2,1-2H3,(H2,24,27)(H,25,28)/t12-/m1/s1. The number of primary amides is 1. The molecule has 0 spiro atoms. The Bertz CT molecular complexity index is 1100. The predicted molar refractivity (Wildman–Crippen MR) is 119 cm³/mol. The normalized spacial score (nSPS) is 17.5. The molecule has 8 heteroatoms. The van der Waals surface area contributed by atoms with Gasteiger partial charge in [-0.25, -0.2) is 0 Å². The SMILES string of the molecule is CCCCN1C(=O)c2ccc(C(=O)Nc3sc4c(c3C(N)=O)CC[C@@H](C)C4)cc2C1=O. The molecule has 2 aromatic rings. The molecule has 1 atom stereocenters. The third-order valence-electron chi connectivity index (χ3n) is 5.95. The van der Waals surface area contributed by atoms with Crippen LogP contribution in [0.4, 0.5) is 5.00 Å². The number of fused-ring (bicyclic) bond motifs is 2. The van der Waals surface area contributed by atoms with Gasteiger partial charge in [0.25, 0.3) is 23.6 Å². The molecule has 2 aliphatic rings. The zero-order valence-corrected chi connectivity index (χ0v) is 18.4. The highest BCUT2D eigenvalue weighted by atomic mass is 32.1. The number of carbonyl (C=O) groups is 4. The highest BCUT2D eigenvalue weighted by Crippen LogP contribution is 2.39. The Balaban J connectivity index is 1.60. The fourth-order valence-corrected chi connectivity index (χ4v) is 5.64. The number of rotatable bonds is 6. The van der Waals surface area contributed by atoms with Crippen LogP contribution in [0.5, 0.6) is 0 Å². The molecule has 0 saturated carbocycles. The third kappa shape index (κ3) is 3.76. The molecule has 31 heavy (non-hydrogen) atoms. The number of carbonyl (C=O) groups excluding carboxylic acids is 4. The molecule has 0 bridgehead atoms. The summed E-state index contributed by atoms with van der Waals surface area (Å²) in [4.78, 5) is 52.5. The molecular weight excluding hydrogens is 414 g/mol. The van der Waals surface area contributed by atoms with E-state index < -0.39 is 11.8 Å². The van der Waals surface area contributed by atoms with Crippen molar-refractivity contribution in [2.45, 2.75) is 46.0 Å². The summed E-state index contributed by atoms with van der Waals surface area (Å²) in [6.45, 7) is 4.52. The first-order chi connectivity index (χ1) is 14.8. The van der Waals surface area contributed by atoms with Gasteiger partial charge in [0.05, 0.1) is 16.7 Å². The van der Waals surface area contributed by atoms with Gasteiger partial charge in [0.1, 0.15) is 5.00 Å². The molecule has 3 N–H and O–H groups in total. The largest absolute Gasteiger partial charge is 0.365 e. The Kier molecular flexibility index (Phi) is 5.66. The summed E-state index contributed by atoms with van der Waals surface area (Å²) in [5.41, 5.74) is 7.76. The van der Waals surface area contributed by atoms with Crippen molar-refractivity contribution >= 4 is 40.0 Å². The summed E-state index contributed by atoms with van der Waals surface area (Å²) < 4.78 is 0. The summed E-state index contributed by atoms with van der Waals surface area (Å²) in [5, 5.41) is 3.26. The maximum absolute atomic E-state index is 12.9. The van der Waals surface area contributed by atoms with E-state index in [-0.39, 0.29) is 22.9 Å². The van der Waals surface area contributed by atoms with E-state index in [0.717, 1.165) is 42.5 Å². The lowest BCUT2D eigenvalue weighted by Gasteiger charge is -2.18. The van der Waals surface area contributed by atoms with Crippen LogP contribution in [0.15, 0.2) is 18.2 Å². The molecule has 7 nitrogen and oxygen atoms in total. The van der Waals surface area contributed by atoms with Crippen molar-refractivity contribution in [1.82, 2.24) is 4.90 Å². The number of imide groups is 1. The van der Waals surface area contributed by atoms with E-state index in [1.54, 1.807) is 0 Å². The minimum Gasteiger partial charge on any atom is -0.365 e. The van der Waals surface area contributed by atoms with E-state index in [1.165, 1.54) is 34.4 Å². The molecule has 4 amide bonds. The van der Waals surface area contributed by atoms with Crippen molar-refractivity contribution in [1.29, 1.82) is 0 Å². The van der Waals surface area contributed by atoms with Gasteiger partial charge in [-0.1, -0.05) is 20.3 Å². The molecule has 4 rings (SSSR count). The zero-order valence-electron chi connectivity index (χ0n) is 17.6. The fourth-order valence-electron chi connectivity index (χ4n) is 4.23. The van der Waals surface area contributed by atoms with E-state index in [0.29, 0.717) is 28.6 Å². The summed E-state index contributed by atoms with van der Waals surface area (Å²) in [7, 11) is 0. The number of hydrogen-bond acceptors (Lipinski definition) is 5. The Hall–Kier alpha value is -3.00. The van der Waals surface area contributed by atoms with Crippen molar-refractivity contribution in [3.8, 4) is 0 Å². The third-order valence-corrected chi connectivity index (χ3v) is 7.12. The van der Waals surface area contributed by atoms with E-state index in [1.807, 2.05) is 6.92 Å². The van der Waals surface area contributed by atoms with E-state index in [4.69, 9.17) is 5.73 Å². The molecular formula is C23H25N3O4S. The lowest BCUT2D eigenvalue weighted by molar-refractivity contribution is 0.0651. The predicted octanol–water partition coefficient (Wildman–Crippen LogP) is 3.62. The number of benzene rings is 1. The van der Waals surface area contributed by atoms with Gasteiger partial charge in [0.15, 0.2) is 0 Å². The highest BCUT2D eigenvalue weighted by molar-refractivity contribution is 7.17. The zero-order chi connectivity index (χ0) is 22.3. The second-order valence-electron chi connectivity index (χ2n) is 8.25. The second kappa shape index (κ2) is 8.26. The average molecular weight is 440 g/mol. The highest BCUT2D eigenvalue weighted by Gasteiger charge is 2.35. The monoisotopic (exact) mass is 439 g/mol. The first-order valence-electron chi connectivity index (χ1n) is 10.6. The van der Waals surface area contributed by atoms with Crippen molar-refractivity contribution < 1.29 is 19.2 Å². The summed E-state index contributed by atoms with van der Waals surface area (Å²) in [6, 6.07) is 4.51. The number of unbranched alkanes of at least 4 members (excludes halogenated alkanes) is 1. The summed E-state index contributed by atoms with van der Waals surface area (Å²) in [6.07, 6.45) is 4.21. The number of nitrogens with zero attached hydrogens (tertiary/aromatic N) is 1. The number of amides is 4. The van der Waals surface area contributed by atoms with Crippen LogP contribution in [-0.2, 0) is 12.8 Å². The van der Waals surface area contributed by atoms with E-state index in [9.17, 15) is 19.2 Å². The Morgan fingerprint density at radius 2 is 1.97 bits per heavy atom. The van der Waals surface area contributed by atoms with E-state index >= 15 is 0 Å². The second-order valence-corrected chi connectivity index (χ2v) is 9.36. The molecule has 1 aliphatic heterocycles. The minimum absolute atomic E-state index is 0.239. The van der Waals surface area contributed by atoms with Gasteiger partial charge in [-0.2, -0.15) is 0 Å². The Morgan fingerprint density at radius 3 is 2.68 bits per heavy atom. The maximum Gasteiger partial charge on any atom is 0.261 e. The van der Waals surface area contributed by atoms with Crippen LogP contribution < -0.4 is 11.1 Å². The van der Waals surface area contributed by atoms with Crippen LogP contribution >= 0.6 is 11.3 Å². The molecule has 1 aromatic carbocycles. The van der Waals surface area contributed by atoms with Crippen LogP contribution in [0, 0.1) is 5.92 Å². The number of nitrogens with one attached hydrogen (secondary N) is 1. The van der Waals surface area contributed by atoms with Crippen molar-refractivity contribution in [2.24, 2.45) is 11.7 Å². The van der Waals surface area contributed by atoms with Gasteiger partial charge in [0, 0.05) is 17.0 Å². The van der Waals surface area contributed by atoms with Gasteiger partial charge < -0.3 is 11.1 Å². The maximum atomic E-state index is 12.9. The van der Waals surface area contributed by atoms with Crippen LogP contribution in [0.3, 0.4) is 0 Å². The average Bonchev–Trinajstić information content (AvgIpc) is 3.20. The Labute approximate surface area is 184 Å². The first kappa shape index (κ1) is 21.2. The summed E-state index contributed by atoms with van der Waals surface area (Å²) >= 11 is 1.39. The molecule has 1 aromatic heterocycles. The van der Waals surface area contributed by atoms with Gasteiger partial charge in [0.2, 0.25) is 0 Å². The number of nitrogens with two attached hydrogens (primary N) is 1. The van der Waals surface area contributed by atoms with E-state index in [2.05, 4.69) is 12.2 Å². The molecule has 2 heterocycles. The quantitative estimate of drug-likeness (QED) is 0.670. The van der Waals surface area contributed by atoms with Gasteiger partial charge in [-0.05, 0) is 55.4 Å². The topological polar surface area (TPSA) is 110 Å². The Morgan fingerprint density at radius 1 is 1.23 bits per heavy atom. The molecule has 1 aliphatic carbocycles. The lowest BCUT2D eigenvalue weighted by Crippen LogP contribution is -2.30. The van der Waals surface area contributed by atoms with Gasteiger partial charge in [-0.3, -0.25) is 24.1 Å². The fraction of sp³-hybridized carbons (Fsp3) is 0.391. The summed E-state index contributed by atoms with van der Waals surface area (Å²) in [5.74, 6) is -1.17. The molecule has 0 unspecified atom stereocenters.